The molecule has 0 bridgehead atoms. The first-order valence-corrected chi connectivity index (χ1v) is 7.52. The van der Waals surface area contributed by atoms with Gasteiger partial charge in [0.05, 0.1) is 0 Å². The number of fused-ring (bicyclic) bond motifs is 1. The Morgan fingerprint density at radius 1 is 1.00 bits per heavy atom. The molecule has 0 saturated carbocycles. The normalized spacial score (nSPS) is 11.0. The zero-order valence-corrected chi connectivity index (χ0v) is 13.0. The van der Waals surface area contributed by atoms with Crippen LogP contribution in [0.1, 0.15) is 0 Å². The van der Waals surface area contributed by atoms with Gasteiger partial charge in [-0.1, -0.05) is 30.3 Å². The number of aromatic nitrogens is 4. The van der Waals surface area contributed by atoms with Crippen molar-refractivity contribution in [3.8, 4) is 22.6 Å². The second-order valence-electron chi connectivity index (χ2n) is 5.57. The minimum Gasteiger partial charge on any atom is -0.399 e. The van der Waals surface area contributed by atoms with Crippen LogP contribution in [0, 0.1) is 0 Å². The van der Waals surface area contributed by atoms with Crippen molar-refractivity contribution in [3.63, 3.8) is 0 Å². The highest BCUT2D eigenvalue weighted by Crippen LogP contribution is 2.25. The van der Waals surface area contributed by atoms with E-state index in [2.05, 4.69) is 15.1 Å². The van der Waals surface area contributed by atoms with Gasteiger partial charge in [0, 0.05) is 23.9 Å². The Morgan fingerprint density at radius 2 is 1.71 bits per heavy atom. The Labute approximate surface area is 137 Å². The number of nitrogen functional groups attached to an aromatic ring is 1. The van der Waals surface area contributed by atoms with E-state index in [1.807, 2.05) is 42.5 Å². The molecular formula is C18H15N5O. The van der Waals surface area contributed by atoms with Crippen molar-refractivity contribution in [2.75, 3.05) is 5.73 Å². The zero-order valence-electron chi connectivity index (χ0n) is 13.0. The molecule has 0 saturated heterocycles. The first-order chi connectivity index (χ1) is 11.6. The zero-order chi connectivity index (χ0) is 16.7. The van der Waals surface area contributed by atoms with E-state index in [1.165, 1.54) is 0 Å². The van der Waals surface area contributed by atoms with Crippen molar-refractivity contribution in [3.05, 3.63) is 65.0 Å². The molecule has 0 aliphatic heterocycles. The third kappa shape index (κ3) is 2.25. The maximum absolute atomic E-state index is 12.7. The lowest BCUT2D eigenvalue weighted by Crippen LogP contribution is -2.10. The van der Waals surface area contributed by atoms with Crippen LogP contribution in [-0.2, 0) is 7.05 Å². The van der Waals surface area contributed by atoms with Crippen molar-refractivity contribution in [2.45, 2.75) is 0 Å². The number of aromatic amines is 1. The summed E-state index contributed by atoms with van der Waals surface area (Å²) in [5.41, 5.74) is 9.02. The maximum Gasteiger partial charge on any atom is 0.262 e. The molecular weight excluding hydrogens is 302 g/mol. The van der Waals surface area contributed by atoms with Crippen LogP contribution in [-0.4, -0.2) is 19.7 Å². The molecule has 0 spiro atoms. The summed E-state index contributed by atoms with van der Waals surface area (Å²) < 4.78 is 1.63. The number of H-pyrrole nitrogens is 1. The summed E-state index contributed by atoms with van der Waals surface area (Å²) in [6.45, 7) is 0. The fourth-order valence-corrected chi connectivity index (χ4v) is 2.73. The highest BCUT2D eigenvalue weighted by Gasteiger charge is 2.16. The average Bonchev–Trinajstić information content (AvgIpc) is 2.94. The summed E-state index contributed by atoms with van der Waals surface area (Å²) in [5, 5.41) is 4.97. The summed E-state index contributed by atoms with van der Waals surface area (Å²) in [4.78, 5) is 20.1. The van der Waals surface area contributed by atoms with Crippen molar-refractivity contribution in [2.24, 2.45) is 7.05 Å². The molecule has 6 heteroatoms. The van der Waals surface area contributed by atoms with Gasteiger partial charge in [-0.3, -0.25) is 4.79 Å². The summed E-state index contributed by atoms with van der Waals surface area (Å²) in [5.74, 6) is 0.495. The number of nitrogens with zero attached hydrogens (tertiary/aromatic N) is 3. The Balaban J connectivity index is 1.96. The maximum atomic E-state index is 12.7. The summed E-state index contributed by atoms with van der Waals surface area (Å²) in [6.07, 6.45) is 0. The number of hydrogen-bond acceptors (Lipinski definition) is 4. The molecule has 2 aromatic carbocycles. The van der Waals surface area contributed by atoms with E-state index in [4.69, 9.17) is 5.73 Å². The predicted octanol–water partition coefficient (Wildman–Crippen LogP) is 2.57. The lowest BCUT2D eigenvalue weighted by molar-refractivity contribution is 0.789. The molecule has 4 rings (SSSR count). The van der Waals surface area contributed by atoms with Crippen molar-refractivity contribution < 1.29 is 0 Å². The molecule has 6 nitrogen and oxygen atoms in total. The lowest BCUT2D eigenvalue weighted by Gasteiger charge is -2.02. The lowest BCUT2D eigenvalue weighted by atomic mass is 10.1. The molecule has 0 amide bonds. The third-order valence-corrected chi connectivity index (χ3v) is 3.92. The van der Waals surface area contributed by atoms with E-state index in [1.54, 1.807) is 23.9 Å². The largest absolute Gasteiger partial charge is 0.399 e. The van der Waals surface area contributed by atoms with E-state index in [9.17, 15) is 4.79 Å². The molecule has 0 unspecified atom stereocenters. The predicted molar refractivity (Wildman–Crippen MR) is 94.4 cm³/mol. The number of nitrogens with two attached hydrogens (primary N) is 1. The van der Waals surface area contributed by atoms with E-state index in [-0.39, 0.29) is 5.56 Å². The van der Waals surface area contributed by atoms with Gasteiger partial charge in [-0.15, -0.1) is 0 Å². The summed E-state index contributed by atoms with van der Waals surface area (Å²) in [6, 6.07) is 16.8. The van der Waals surface area contributed by atoms with Gasteiger partial charge in [-0.2, -0.15) is 5.10 Å². The number of nitrogens with one attached hydrogen (secondary N) is 1. The number of rotatable bonds is 2. The van der Waals surface area contributed by atoms with Crippen LogP contribution in [0.4, 0.5) is 5.69 Å². The van der Waals surface area contributed by atoms with E-state index in [0.29, 0.717) is 28.2 Å². The average molecular weight is 317 g/mol. The van der Waals surface area contributed by atoms with Crippen LogP contribution in [0.5, 0.6) is 0 Å². The quantitative estimate of drug-likeness (QED) is 0.556. The molecule has 2 aromatic heterocycles. The Morgan fingerprint density at radius 3 is 2.42 bits per heavy atom. The van der Waals surface area contributed by atoms with Crippen molar-refractivity contribution in [1.82, 2.24) is 19.7 Å². The minimum atomic E-state index is -0.209. The van der Waals surface area contributed by atoms with Gasteiger partial charge >= 0.3 is 0 Å². The molecule has 0 fully saturated rings. The van der Waals surface area contributed by atoms with Gasteiger partial charge in [0.1, 0.15) is 16.9 Å². The Kier molecular flexibility index (Phi) is 3.16. The number of anilines is 1. The van der Waals surface area contributed by atoms with Crippen LogP contribution in [0.15, 0.2) is 59.4 Å². The number of aryl methyl sites for hydroxylation is 1. The second-order valence-corrected chi connectivity index (χ2v) is 5.57. The van der Waals surface area contributed by atoms with Crippen LogP contribution < -0.4 is 11.3 Å². The van der Waals surface area contributed by atoms with Crippen molar-refractivity contribution >= 4 is 16.7 Å². The SMILES string of the molecule is Cn1nc(-c2ccccc2)c2c(=O)[nH]c(-c3ccc(N)cc3)nc21. The topological polar surface area (TPSA) is 89.6 Å². The Bertz CT molecular complexity index is 1080. The highest BCUT2D eigenvalue weighted by atomic mass is 16.1. The minimum absolute atomic E-state index is 0.209. The summed E-state index contributed by atoms with van der Waals surface area (Å²) in [7, 11) is 1.79. The molecule has 0 radical (unpaired) electrons. The van der Waals surface area contributed by atoms with Gasteiger partial charge in [0.15, 0.2) is 5.65 Å². The van der Waals surface area contributed by atoms with E-state index < -0.39 is 0 Å². The van der Waals surface area contributed by atoms with E-state index in [0.717, 1.165) is 11.1 Å². The fourth-order valence-electron chi connectivity index (χ4n) is 2.73. The molecule has 118 valence electrons. The van der Waals surface area contributed by atoms with E-state index >= 15 is 0 Å². The number of benzene rings is 2. The highest BCUT2D eigenvalue weighted by molar-refractivity contribution is 5.91. The van der Waals surface area contributed by atoms with Crippen LogP contribution in [0.3, 0.4) is 0 Å². The van der Waals surface area contributed by atoms with Crippen molar-refractivity contribution in [1.29, 1.82) is 0 Å². The fraction of sp³-hybridized carbons (Fsp3) is 0.0556. The van der Waals surface area contributed by atoms with Crippen LogP contribution in [0.2, 0.25) is 0 Å². The standard InChI is InChI=1S/C18H15N5O/c1-23-17-14(15(22-23)11-5-3-2-4-6-11)18(24)21-16(20-17)12-7-9-13(19)10-8-12/h2-10H,19H2,1H3,(H,20,21,24). The molecule has 2 heterocycles. The monoisotopic (exact) mass is 317 g/mol. The Hall–Kier alpha value is -3.41. The van der Waals surface area contributed by atoms with Gasteiger partial charge in [0.25, 0.3) is 5.56 Å². The van der Waals surface area contributed by atoms with Crippen LogP contribution in [0.25, 0.3) is 33.7 Å². The molecule has 3 N–H and O–H groups in total. The van der Waals surface area contributed by atoms with Gasteiger partial charge in [-0.05, 0) is 24.3 Å². The first kappa shape index (κ1) is 14.2. The molecule has 0 aliphatic rings. The molecule has 0 aliphatic carbocycles. The third-order valence-electron chi connectivity index (χ3n) is 3.92. The van der Waals surface area contributed by atoms with Gasteiger partial charge in [-0.25, -0.2) is 9.67 Å². The smallest absolute Gasteiger partial charge is 0.262 e. The first-order valence-electron chi connectivity index (χ1n) is 7.52. The van der Waals surface area contributed by atoms with Gasteiger partial charge in [0.2, 0.25) is 0 Å². The molecule has 24 heavy (non-hydrogen) atoms. The number of hydrogen-bond donors (Lipinski definition) is 2. The summed E-state index contributed by atoms with van der Waals surface area (Å²) >= 11 is 0. The molecule has 4 aromatic rings. The second kappa shape index (κ2) is 5.34. The molecule has 0 atom stereocenters. The van der Waals surface area contributed by atoms with Crippen LogP contribution >= 0.6 is 0 Å². The van der Waals surface area contributed by atoms with Gasteiger partial charge < -0.3 is 10.7 Å².